The third kappa shape index (κ3) is 19.3. The zero-order valence-corrected chi connectivity index (χ0v) is 63.2. The molecule has 1 radical (unpaired) electrons. The zero-order valence-electron chi connectivity index (χ0n) is 48.4. The van der Waals surface area contributed by atoms with Crippen LogP contribution in [0.2, 0.25) is 0 Å². The quantitative estimate of drug-likeness (QED) is 0.0430. The second-order valence-corrected chi connectivity index (χ2v) is 32.7. The normalized spacial score (nSPS) is 14.1. The van der Waals surface area contributed by atoms with Crippen LogP contribution in [0, 0.1) is 0 Å². The largest absolute Gasteiger partial charge is 1.00 e. The van der Waals surface area contributed by atoms with Gasteiger partial charge in [-0.25, -0.2) is 10.0 Å². The van der Waals surface area contributed by atoms with Crippen molar-refractivity contribution < 1.29 is 57.1 Å². The van der Waals surface area contributed by atoms with Crippen LogP contribution in [0.25, 0.3) is 11.3 Å². The van der Waals surface area contributed by atoms with Crippen molar-refractivity contribution in [2.24, 2.45) is 0 Å². The topological polar surface area (TPSA) is 75.8 Å². The van der Waals surface area contributed by atoms with Gasteiger partial charge < -0.3 is 67.1 Å². The number of benzene rings is 9. The lowest BCUT2D eigenvalue weighted by molar-refractivity contribution is -0.001000. The van der Waals surface area contributed by atoms with E-state index in [1.807, 2.05) is 176 Å². The van der Waals surface area contributed by atoms with E-state index in [0.717, 1.165) is 48.6 Å². The number of aromatic amines is 1. The van der Waals surface area contributed by atoms with Crippen LogP contribution in [-0.2, 0) is 9.13 Å². The van der Waals surface area contributed by atoms with Crippen LogP contribution >= 0.6 is 102 Å². The molecular formula is C69H71Cl3I4N6O2P3Si-2. The Kier molecular flexibility index (Phi) is 33.2. The first-order chi connectivity index (χ1) is 40.9. The Labute approximate surface area is 603 Å². The highest BCUT2D eigenvalue weighted by Gasteiger charge is 2.32. The van der Waals surface area contributed by atoms with Crippen LogP contribution in [0.15, 0.2) is 292 Å². The highest BCUT2D eigenvalue weighted by Crippen LogP contribution is 2.44. The van der Waals surface area contributed by atoms with E-state index in [4.69, 9.17) is 33.2 Å². The van der Waals surface area contributed by atoms with Gasteiger partial charge in [0.05, 0.1) is 17.8 Å². The van der Waals surface area contributed by atoms with Crippen molar-refractivity contribution in [3.8, 4) is 11.3 Å². The van der Waals surface area contributed by atoms with E-state index in [9.17, 15) is 9.13 Å². The first kappa shape index (κ1) is 76.5. The van der Waals surface area contributed by atoms with E-state index in [-0.39, 0.29) is 85.4 Å². The second-order valence-electron chi connectivity index (χ2n) is 19.4. The summed E-state index contributed by atoms with van der Waals surface area (Å²) in [6.45, 7) is -1.46. The summed E-state index contributed by atoms with van der Waals surface area (Å²) < 4.78 is 28.8. The predicted molar refractivity (Wildman–Crippen MR) is 395 cm³/mol. The molecular weight excluding hydrogens is 1680 g/mol. The molecule has 9 aromatic carbocycles. The summed E-state index contributed by atoms with van der Waals surface area (Å²) in [4.78, 5) is 1.97. The highest BCUT2D eigenvalue weighted by atomic mass is 127. The molecule has 0 saturated heterocycles. The van der Waals surface area contributed by atoms with Gasteiger partial charge in [-0.3, -0.25) is 5.10 Å². The summed E-state index contributed by atoms with van der Waals surface area (Å²) >= 11 is 16.9. The first-order valence-corrected chi connectivity index (χ1v) is 38.4. The number of aromatic nitrogens is 2. The van der Waals surface area contributed by atoms with Gasteiger partial charge in [-0.2, -0.15) is 5.10 Å². The van der Waals surface area contributed by atoms with Gasteiger partial charge in [-0.15, -0.1) is 57.2 Å². The molecule has 8 nitrogen and oxygen atoms in total. The monoisotopic (exact) mass is 1750 g/mol. The van der Waals surface area contributed by atoms with Crippen molar-refractivity contribution in [1.82, 2.24) is 30.2 Å². The molecule has 2 atom stereocenters. The molecule has 1 N–H and O–H groups in total. The molecule has 19 heteroatoms. The number of nitrogens with zero attached hydrogens (tertiary/aromatic N) is 5. The Hall–Kier alpha value is -3.91. The first-order valence-electron chi connectivity index (χ1n) is 27.0. The van der Waals surface area contributed by atoms with Crippen molar-refractivity contribution in [3.63, 3.8) is 0 Å². The number of hydrazine groups is 2. The summed E-state index contributed by atoms with van der Waals surface area (Å²) in [5, 5.41) is 24.8. The van der Waals surface area contributed by atoms with Crippen LogP contribution in [0.1, 0.15) is 30.6 Å². The lowest BCUT2D eigenvalue weighted by Gasteiger charge is -2.27. The van der Waals surface area contributed by atoms with Gasteiger partial charge >= 0.3 is 6.73 Å². The van der Waals surface area contributed by atoms with Crippen LogP contribution in [0.3, 0.4) is 0 Å². The SMILES string of the molecule is C.CI.CN1C=CC(c2cccc(P(=O)(c3ccccc3)c3ccccc3)c2)N1C.CN1C=CC(c2cccc(P(c3ccccc3)c3ccccc3)c2)N1C.Cl[Si](Cl)Cl.I.O=P(c1ccccc1)(c1ccccc1)c1cccc(-c2ccn[nH]2)c1.[I-].[I-]. The van der Waals surface area contributed by atoms with Gasteiger partial charge in [0.25, 0.3) is 0 Å². The molecule has 1 aromatic heterocycles. The maximum absolute atomic E-state index is 14.5. The highest BCUT2D eigenvalue weighted by molar-refractivity contribution is 14.1. The average molecular weight is 1750 g/mol. The molecule has 10 aromatic rings. The van der Waals surface area contributed by atoms with Crippen molar-refractivity contribution in [1.29, 1.82) is 0 Å². The van der Waals surface area contributed by atoms with E-state index in [1.54, 1.807) is 6.20 Å². The van der Waals surface area contributed by atoms with Gasteiger partial charge in [0.2, 0.25) is 0 Å². The minimum Gasteiger partial charge on any atom is -1.00 e. The van der Waals surface area contributed by atoms with Gasteiger partial charge in [-0.05, 0) is 76.3 Å². The summed E-state index contributed by atoms with van der Waals surface area (Å²) in [5.41, 5.74) is 4.37. The maximum Gasteiger partial charge on any atom is 0.376 e. The zero-order chi connectivity index (χ0) is 59.5. The van der Waals surface area contributed by atoms with Crippen LogP contribution in [-0.4, -0.2) is 70.1 Å². The lowest BCUT2D eigenvalue weighted by Crippen LogP contribution is -3.00. The molecule has 2 unspecified atom stereocenters. The summed E-state index contributed by atoms with van der Waals surface area (Å²) in [6, 6.07) is 88.3. The molecule has 3 heterocycles. The standard InChI is InChI=1S/C23H23N2OP.C23H23N2P.C21H17N2OP.CH3I.CH4.Cl3Si.3HI/c1-24-17-16-23(25(24)2)19-10-9-15-22(18-19)27(26,20-11-5-3-6-12-20)21-13-7-4-8-14-21;1-24-17-16-23(25(24)2)19-10-9-15-22(18-19)26(20-11-5-3-6-12-20)21-13-7-4-8-14-21;24-25(18-9-3-1-4-10-18,19-11-5-2-6-12-19)20-13-7-8-17(16-20)21-14-15-22-23-21;1-2;;1-4(2)3;;;/h3-18,23H,1-2H3;3-18,23H,1-2H3;1-16H,(H,22,23);1H3;1H4;;3*1H/p-2. The molecule has 2 aliphatic heterocycles. The van der Waals surface area contributed by atoms with Crippen LogP contribution < -0.4 is 95.7 Å². The number of nitrogens with one attached hydrogen (secondary N) is 1. The van der Waals surface area contributed by atoms with Crippen molar-refractivity contribution in [2.45, 2.75) is 19.5 Å². The van der Waals surface area contributed by atoms with Crippen LogP contribution in [0.4, 0.5) is 0 Å². The number of halogens is 7. The van der Waals surface area contributed by atoms with Gasteiger partial charge in [-0.1, -0.05) is 267 Å². The van der Waals surface area contributed by atoms with E-state index in [0.29, 0.717) is 6.04 Å². The summed E-state index contributed by atoms with van der Waals surface area (Å²) in [6.07, 6.45) is 10.3. The average Bonchev–Trinajstić information content (AvgIpc) is 4.34. The molecule has 0 amide bonds. The number of rotatable bonds is 12. The lowest BCUT2D eigenvalue weighted by atomic mass is 10.1. The number of likely N-dealkylation sites (N-methyl/N-ethyl adjacent to an activating group) is 2. The van der Waals surface area contributed by atoms with Gasteiger partial charge in [0, 0.05) is 84.2 Å². The molecule has 12 rings (SSSR count). The van der Waals surface area contributed by atoms with E-state index in [2.05, 4.69) is 196 Å². The van der Waals surface area contributed by atoms with E-state index < -0.39 is 28.9 Å². The smallest absolute Gasteiger partial charge is 0.376 e. The minimum atomic E-state index is -2.94. The summed E-state index contributed by atoms with van der Waals surface area (Å²) in [5.74, 6) is 0. The number of hydrogen-bond donors (Lipinski definition) is 1. The van der Waals surface area contributed by atoms with Crippen molar-refractivity contribution >= 4 is 156 Å². The summed E-state index contributed by atoms with van der Waals surface area (Å²) in [7, 11) is 1.87. The fraction of sp³-hybridized carbons (Fsp3) is 0.116. The Morgan fingerprint density at radius 3 is 1.11 bits per heavy atom. The maximum atomic E-state index is 14.5. The predicted octanol–water partition coefficient (Wildman–Crippen LogP) is 9.18. The Bertz CT molecular complexity index is 3660. The van der Waals surface area contributed by atoms with Gasteiger partial charge in [0.15, 0.2) is 14.3 Å². The molecule has 88 heavy (non-hydrogen) atoms. The van der Waals surface area contributed by atoms with Gasteiger partial charge in [0.1, 0.15) is 0 Å². The van der Waals surface area contributed by atoms with Crippen LogP contribution in [0.5, 0.6) is 0 Å². The Morgan fingerprint density at radius 2 is 0.761 bits per heavy atom. The van der Waals surface area contributed by atoms with E-state index >= 15 is 0 Å². The molecule has 0 aliphatic carbocycles. The van der Waals surface area contributed by atoms with Crippen molar-refractivity contribution in [2.75, 3.05) is 33.1 Å². The molecule has 0 spiro atoms. The number of hydrogen-bond acceptors (Lipinski definition) is 7. The minimum absolute atomic E-state index is 0. The third-order valence-electron chi connectivity index (χ3n) is 14.3. The fourth-order valence-electron chi connectivity index (χ4n) is 10.0. The fourth-order valence-corrected chi connectivity index (χ4v) is 17.8. The molecule has 2 aliphatic rings. The molecule has 459 valence electrons. The molecule has 0 fully saturated rings. The third-order valence-corrected chi connectivity index (χ3v) is 22.9. The van der Waals surface area contributed by atoms with Crippen molar-refractivity contribution in [3.05, 3.63) is 303 Å². The Morgan fingerprint density at radius 1 is 0.443 bits per heavy atom. The Balaban J connectivity index is 0.000000264. The number of H-pyrrole nitrogens is 1. The molecule has 0 saturated carbocycles. The molecule has 0 bridgehead atoms. The second kappa shape index (κ2) is 38.2. The van der Waals surface area contributed by atoms with E-state index in [1.165, 1.54) is 21.5 Å². The number of alkyl halides is 1.